The minimum atomic E-state index is -1.22. The quantitative estimate of drug-likeness (QED) is 0.720. The van der Waals surface area contributed by atoms with E-state index >= 15 is 0 Å². The molecule has 0 aliphatic rings. The molecule has 0 fully saturated rings. The van der Waals surface area contributed by atoms with Crippen LogP contribution < -0.4 is 5.32 Å². The fourth-order valence-electron chi connectivity index (χ4n) is 0.758. The zero-order valence-corrected chi connectivity index (χ0v) is 7.18. The Morgan fingerprint density at radius 2 is 2.46 bits per heavy atom. The molecule has 1 heterocycles. The van der Waals surface area contributed by atoms with E-state index in [1.54, 1.807) is 0 Å². The molecule has 13 heavy (non-hydrogen) atoms. The number of carboxylic acid groups (broad SMARTS) is 1. The lowest BCUT2D eigenvalue weighted by atomic mass is 10.2. The molecule has 1 aromatic rings. The van der Waals surface area contributed by atoms with Gasteiger partial charge in [0.05, 0.1) is 6.20 Å². The maximum Gasteiger partial charge on any atom is 0.404 e. The number of nitrogens with one attached hydrogen (secondary N) is 1. The second-order valence-corrected chi connectivity index (χ2v) is 2.64. The third kappa shape index (κ3) is 2.87. The van der Waals surface area contributed by atoms with Crippen LogP contribution in [-0.4, -0.2) is 16.2 Å². The predicted molar refractivity (Wildman–Crippen MR) is 44.1 cm³/mol. The summed E-state index contributed by atoms with van der Waals surface area (Å²) in [7, 11) is 0. The third-order valence-corrected chi connectivity index (χ3v) is 1.54. The third-order valence-electron chi connectivity index (χ3n) is 1.33. The first-order chi connectivity index (χ1) is 6.09. The molecule has 0 unspecified atom stereocenters. The highest BCUT2D eigenvalue weighted by atomic mass is 35.5. The largest absolute Gasteiger partial charge is 0.465 e. The molecule has 1 rings (SSSR count). The first-order valence-corrected chi connectivity index (χ1v) is 3.74. The lowest BCUT2D eigenvalue weighted by Gasteiger charge is -2.02. The van der Waals surface area contributed by atoms with Gasteiger partial charge in [-0.25, -0.2) is 14.2 Å². The zero-order valence-electron chi connectivity index (χ0n) is 6.42. The molecule has 1 amide bonds. The van der Waals surface area contributed by atoms with Gasteiger partial charge in [0, 0.05) is 12.1 Å². The Morgan fingerprint density at radius 3 is 3.08 bits per heavy atom. The van der Waals surface area contributed by atoms with Crippen LogP contribution in [0.15, 0.2) is 12.3 Å². The van der Waals surface area contributed by atoms with Crippen molar-refractivity contribution in [3.63, 3.8) is 0 Å². The van der Waals surface area contributed by atoms with E-state index in [4.69, 9.17) is 16.7 Å². The second kappa shape index (κ2) is 4.04. The molecule has 0 bridgehead atoms. The van der Waals surface area contributed by atoms with Crippen molar-refractivity contribution in [2.45, 2.75) is 6.54 Å². The molecule has 70 valence electrons. The molecule has 0 aliphatic heterocycles. The number of carbonyl (C=O) groups is 1. The highest BCUT2D eigenvalue weighted by Gasteiger charge is 2.04. The van der Waals surface area contributed by atoms with Crippen molar-refractivity contribution in [2.24, 2.45) is 0 Å². The number of hydrogen-bond acceptors (Lipinski definition) is 2. The van der Waals surface area contributed by atoms with Gasteiger partial charge in [0.2, 0.25) is 0 Å². The van der Waals surface area contributed by atoms with E-state index in [1.165, 1.54) is 6.07 Å². The van der Waals surface area contributed by atoms with Crippen LogP contribution in [0.1, 0.15) is 5.56 Å². The Kier molecular flexibility index (Phi) is 3.02. The summed E-state index contributed by atoms with van der Waals surface area (Å²) < 4.78 is 12.9. The summed E-state index contributed by atoms with van der Waals surface area (Å²) in [6, 6.07) is 1.27. The van der Waals surface area contributed by atoms with Crippen LogP contribution in [0.3, 0.4) is 0 Å². The van der Waals surface area contributed by atoms with Gasteiger partial charge in [-0.1, -0.05) is 11.6 Å². The Balaban J connectivity index is 2.75. The van der Waals surface area contributed by atoms with Crippen LogP contribution in [0.2, 0.25) is 5.15 Å². The van der Waals surface area contributed by atoms with Crippen molar-refractivity contribution >= 4 is 17.7 Å². The van der Waals surface area contributed by atoms with E-state index in [9.17, 15) is 9.18 Å². The SMILES string of the molecule is O=C(O)NCc1cc(Cl)ncc1F. The highest BCUT2D eigenvalue weighted by Crippen LogP contribution is 2.11. The van der Waals surface area contributed by atoms with Gasteiger partial charge in [-0.05, 0) is 6.07 Å². The van der Waals surface area contributed by atoms with Crippen LogP contribution in [0.4, 0.5) is 9.18 Å². The molecule has 0 radical (unpaired) electrons. The van der Waals surface area contributed by atoms with Crippen LogP contribution in [0.5, 0.6) is 0 Å². The van der Waals surface area contributed by atoms with Crippen LogP contribution in [0.25, 0.3) is 0 Å². The molecule has 2 N–H and O–H groups in total. The lowest BCUT2D eigenvalue weighted by Crippen LogP contribution is -2.20. The fraction of sp³-hybridized carbons (Fsp3) is 0.143. The smallest absolute Gasteiger partial charge is 0.404 e. The summed E-state index contributed by atoms with van der Waals surface area (Å²) in [6.07, 6.45) is -0.270. The van der Waals surface area contributed by atoms with Crippen molar-refractivity contribution < 1.29 is 14.3 Å². The summed E-state index contributed by atoms with van der Waals surface area (Å²) in [5.74, 6) is -0.585. The van der Waals surface area contributed by atoms with E-state index in [1.807, 2.05) is 5.32 Å². The van der Waals surface area contributed by atoms with Crippen LogP contribution in [0, 0.1) is 5.82 Å². The summed E-state index contributed by atoms with van der Waals surface area (Å²) in [4.78, 5) is 13.6. The summed E-state index contributed by atoms with van der Waals surface area (Å²) in [5.41, 5.74) is 0.169. The highest BCUT2D eigenvalue weighted by molar-refractivity contribution is 6.29. The number of hydrogen-bond donors (Lipinski definition) is 2. The first-order valence-electron chi connectivity index (χ1n) is 3.36. The van der Waals surface area contributed by atoms with E-state index in [2.05, 4.69) is 4.98 Å². The number of rotatable bonds is 2. The van der Waals surface area contributed by atoms with Crippen molar-refractivity contribution in [2.75, 3.05) is 0 Å². The number of nitrogens with zero attached hydrogens (tertiary/aromatic N) is 1. The number of pyridine rings is 1. The minimum Gasteiger partial charge on any atom is -0.465 e. The van der Waals surface area contributed by atoms with E-state index < -0.39 is 11.9 Å². The summed E-state index contributed by atoms with van der Waals surface area (Å²) in [5, 5.41) is 10.4. The molecule has 0 aromatic carbocycles. The maximum atomic E-state index is 12.9. The summed E-state index contributed by atoms with van der Waals surface area (Å²) in [6.45, 7) is -0.122. The van der Waals surface area contributed by atoms with Crippen molar-refractivity contribution in [3.8, 4) is 0 Å². The van der Waals surface area contributed by atoms with E-state index in [-0.39, 0.29) is 17.3 Å². The van der Waals surface area contributed by atoms with E-state index in [0.717, 1.165) is 6.20 Å². The average molecular weight is 205 g/mol. The van der Waals surface area contributed by atoms with Crippen LogP contribution >= 0.6 is 11.6 Å². The Bertz CT molecular complexity index is 332. The van der Waals surface area contributed by atoms with Gasteiger partial charge in [-0.2, -0.15) is 0 Å². The minimum absolute atomic E-state index is 0.122. The lowest BCUT2D eigenvalue weighted by molar-refractivity contribution is 0.194. The molecule has 1 aromatic heterocycles. The predicted octanol–water partition coefficient (Wildman–Crippen LogP) is 1.64. The van der Waals surface area contributed by atoms with E-state index in [0.29, 0.717) is 0 Å². The standard InChI is InChI=1S/C7H6ClFN2O2/c8-6-1-4(2-11-7(12)13)5(9)3-10-6/h1,3,11H,2H2,(H,12,13). The van der Waals surface area contributed by atoms with Gasteiger partial charge in [-0.15, -0.1) is 0 Å². The van der Waals surface area contributed by atoms with Gasteiger partial charge in [0.15, 0.2) is 0 Å². The maximum absolute atomic E-state index is 12.9. The molecular weight excluding hydrogens is 199 g/mol. The topological polar surface area (TPSA) is 62.2 Å². The molecule has 0 atom stereocenters. The number of aromatic nitrogens is 1. The molecule has 0 saturated heterocycles. The molecule has 6 heteroatoms. The molecular formula is C7H6ClFN2O2. The number of amides is 1. The Morgan fingerprint density at radius 1 is 1.77 bits per heavy atom. The molecule has 0 saturated carbocycles. The molecule has 4 nitrogen and oxygen atoms in total. The van der Waals surface area contributed by atoms with Crippen LogP contribution in [-0.2, 0) is 6.54 Å². The Labute approximate surface area is 78.4 Å². The monoisotopic (exact) mass is 204 g/mol. The van der Waals surface area contributed by atoms with Gasteiger partial charge in [0.1, 0.15) is 11.0 Å². The number of halogens is 2. The van der Waals surface area contributed by atoms with Gasteiger partial charge >= 0.3 is 6.09 Å². The average Bonchev–Trinajstić information content (AvgIpc) is 2.06. The molecule has 0 spiro atoms. The zero-order chi connectivity index (χ0) is 9.84. The van der Waals surface area contributed by atoms with Gasteiger partial charge in [0.25, 0.3) is 0 Å². The second-order valence-electron chi connectivity index (χ2n) is 2.26. The van der Waals surface area contributed by atoms with Crippen molar-refractivity contribution in [1.29, 1.82) is 0 Å². The van der Waals surface area contributed by atoms with Crippen molar-refractivity contribution in [3.05, 3.63) is 28.8 Å². The fourth-order valence-corrected chi connectivity index (χ4v) is 0.938. The van der Waals surface area contributed by atoms with Gasteiger partial charge < -0.3 is 10.4 Å². The van der Waals surface area contributed by atoms with Gasteiger partial charge in [-0.3, -0.25) is 0 Å². The molecule has 0 aliphatic carbocycles. The van der Waals surface area contributed by atoms with Crippen molar-refractivity contribution in [1.82, 2.24) is 10.3 Å². The Hall–Kier alpha value is -1.36. The normalized spacial score (nSPS) is 9.69. The first kappa shape index (κ1) is 9.73. The summed E-state index contributed by atoms with van der Waals surface area (Å²) >= 11 is 5.48.